The van der Waals surface area contributed by atoms with Gasteiger partial charge >= 0.3 is 0 Å². The summed E-state index contributed by atoms with van der Waals surface area (Å²) in [7, 11) is 0. The van der Waals surface area contributed by atoms with Gasteiger partial charge < -0.3 is 9.84 Å². The fourth-order valence-electron chi connectivity index (χ4n) is 1.17. The summed E-state index contributed by atoms with van der Waals surface area (Å²) in [4.78, 5) is 0. The molecule has 0 radical (unpaired) electrons. The van der Waals surface area contributed by atoms with E-state index in [2.05, 4.69) is 5.43 Å². The summed E-state index contributed by atoms with van der Waals surface area (Å²) in [5.74, 6) is 5.32. The minimum atomic E-state index is -0.566. The summed E-state index contributed by atoms with van der Waals surface area (Å²) >= 11 is 0. The second-order valence-corrected chi connectivity index (χ2v) is 2.56. The molecule has 0 spiro atoms. The molecule has 1 heterocycles. The van der Waals surface area contributed by atoms with Gasteiger partial charge in [-0.05, 0) is 12.8 Å². The summed E-state index contributed by atoms with van der Waals surface area (Å²) < 4.78 is 5.11. The molecule has 0 saturated carbocycles. The molecule has 0 aliphatic carbocycles. The van der Waals surface area contributed by atoms with E-state index < -0.39 is 6.23 Å². The predicted octanol–water partition coefficient (Wildman–Crippen LogP) is -0.805. The van der Waals surface area contributed by atoms with E-state index in [0.29, 0.717) is 0 Å². The zero-order valence-electron chi connectivity index (χ0n) is 5.92. The number of nitrogens with one attached hydrogen (secondary N) is 1. The predicted molar refractivity (Wildman–Crippen MR) is 36.9 cm³/mol. The van der Waals surface area contributed by atoms with Crippen LogP contribution < -0.4 is 11.3 Å². The largest absolute Gasteiger partial charge is 0.381 e. The normalized spacial score (nSPS) is 24.6. The summed E-state index contributed by atoms with van der Waals surface area (Å²) in [5.41, 5.74) is 2.33. The third-order valence-corrected chi connectivity index (χ3v) is 1.88. The Bertz CT molecular complexity index is 93.7. The lowest BCUT2D eigenvalue weighted by Gasteiger charge is -2.25. The van der Waals surface area contributed by atoms with Crippen molar-refractivity contribution in [2.75, 3.05) is 13.2 Å². The third-order valence-electron chi connectivity index (χ3n) is 1.88. The van der Waals surface area contributed by atoms with E-state index in [1.807, 2.05) is 0 Å². The van der Waals surface area contributed by atoms with Crippen LogP contribution in [0, 0.1) is 5.92 Å². The van der Waals surface area contributed by atoms with E-state index in [1.54, 1.807) is 0 Å². The van der Waals surface area contributed by atoms with Gasteiger partial charge in [0.15, 0.2) is 0 Å². The quantitative estimate of drug-likeness (QED) is 0.271. The molecule has 0 aromatic rings. The number of hydrogen-bond donors (Lipinski definition) is 3. The Morgan fingerprint density at radius 2 is 2.10 bits per heavy atom. The lowest BCUT2D eigenvalue weighted by molar-refractivity contribution is -0.00585. The zero-order chi connectivity index (χ0) is 7.40. The molecule has 0 bridgehead atoms. The third kappa shape index (κ3) is 1.91. The molecule has 1 fully saturated rings. The number of aliphatic hydroxyl groups is 1. The molecule has 10 heavy (non-hydrogen) atoms. The second kappa shape index (κ2) is 3.88. The first-order valence-electron chi connectivity index (χ1n) is 3.56. The average Bonchev–Trinajstić information content (AvgIpc) is 2.05. The molecule has 0 aromatic heterocycles. The van der Waals surface area contributed by atoms with Gasteiger partial charge in [-0.2, -0.15) is 0 Å². The molecule has 4 heteroatoms. The summed E-state index contributed by atoms with van der Waals surface area (Å²) in [6.07, 6.45) is 1.22. The highest BCUT2D eigenvalue weighted by Crippen LogP contribution is 2.16. The van der Waals surface area contributed by atoms with E-state index in [-0.39, 0.29) is 5.92 Å². The van der Waals surface area contributed by atoms with E-state index in [1.165, 1.54) is 0 Å². The highest BCUT2D eigenvalue weighted by atomic mass is 16.5. The van der Waals surface area contributed by atoms with Crippen LogP contribution in [0.5, 0.6) is 0 Å². The van der Waals surface area contributed by atoms with Crippen LogP contribution in [0.3, 0.4) is 0 Å². The number of nitrogens with two attached hydrogens (primary N) is 1. The minimum Gasteiger partial charge on any atom is -0.381 e. The van der Waals surface area contributed by atoms with Crippen molar-refractivity contribution >= 4 is 0 Å². The highest BCUT2D eigenvalue weighted by Gasteiger charge is 2.20. The Morgan fingerprint density at radius 3 is 2.60 bits per heavy atom. The number of rotatable bonds is 2. The summed E-state index contributed by atoms with van der Waals surface area (Å²) in [5, 5.41) is 9.19. The van der Waals surface area contributed by atoms with Gasteiger partial charge in [0, 0.05) is 19.1 Å². The molecule has 1 rings (SSSR count). The molecule has 0 amide bonds. The number of hydrazine groups is 1. The topological polar surface area (TPSA) is 67.5 Å². The van der Waals surface area contributed by atoms with E-state index in [9.17, 15) is 5.11 Å². The second-order valence-electron chi connectivity index (χ2n) is 2.56. The van der Waals surface area contributed by atoms with Gasteiger partial charge in [-0.15, -0.1) is 0 Å². The molecule has 1 aliphatic rings. The minimum absolute atomic E-state index is 0.263. The van der Waals surface area contributed by atoms with Gasteiger partial charge in [0.2, 0.25) is 0 Å². The number of hydrogen-bond acceptors (Lipinski definition) is 4. The molecule has 4 N–H and O–H groups in total. The van der Waals surface area contributed by atoms with Gasteiger partial charge in [-0.1, -0.05) is 0 Å². The van der Waals surface area contributed by atoms with Crippen LogP contribution in [0.25, 0.3) is 0 Å². The Kier molecular flexibility index (Phi) is 3.08. The maximum Gasteiger partial charge on any atom is 0.119 e. The molecular weight excluding hydrogens is 132 g/mol. The number of aliphatic hydroxyl groups excluding tert-OH is 1. The van der Waals surface area contributed by atoms with E-state index >= 15 is 0 Å². The molecule has 1 saturated heterocycles. The van der Waals surface area contributed by atoms with Crippen molar-refractivity contribution < 1.29 is 9.84 Å². The summed E-state index contributed by atoms with van der Waals surface area (Å²) in [6.45, 7) is 1.48. The molecule has 0 aromatic carbocycles. The SMILES string of the molecule is NNC(O)C1CCOCC1. The first-order chi connectivity index (χ1) is 4.84. The molecule has 1 atom stereocenters. The Balaban J connectivity index is 2.24. The first kappa shape index (κ1) is 7.94. The fourth-order valence-corrected chi connectivity index (χ4v) is 1.17. The van der Waals surface area contributed by atoms with Crippen LogP contribution in [0.4, 0.5) is 0 Å². The maximum absolute atomic E-state index is 9.19. The lowest BCUT2D eigenvalue weighted by Crippen LogP contribution is -2.42. The molecule has 1 aliphatic heterocycles. The average molecular weight is 146 g/mol. The van der Waals surface area contributed by atoms with Crippen LogP contribution in [0.1, 0.15) is 12.8 Å². The standard InChI is InChI=1S/C6H14N2O2/c7-8-6(9)5-1-3-10-4-2-5/h5-6,8-9H,1-4,7H2. The van der Waals surface area contributed by atoms with Crippen LogP contribution in [-0.2, 0) is 4.74 Å². The van der Waals surface area contributed by atoms with Crippen LogP contribution in [0.15, 0.2) is 0 Å². The van der Waals surface area contributed by atoms with Crippen molar-refractivity contribution in [2.45, 2.75) is 19.1 Å². The molecule has 4 nitrogen and oxygen atoms in total. The van der Waals surface area contributed by atoms with Gasteiger partial charge in [-0.3, -0.25) is 5.84 Å². The van der Waals surface area contributed by atoms with Gasteiger partial charge in [0.25, 0.3) is 0 Å². The molecule has 1 unspecified atom stereocenters. The van der Waals surface area contributed by atoms with Crippen molar-refractivity contribution in [1.82, 2.24) is 5.43 Å². The van der Waals surface area contributed by atoms with Crippen molar-refractivity contribution in [2.24, 2.45) is 11.8 Å². The van der Waals surface area contributed by atoms with Crippen LogP contribution >= 0.6 is 0 Å². The highest BCUT2D eigenvalue weighted by molar-refractivity contribution is 4.67. The van der Waals surface area contributed by atoms with Crippen LogP contribution in [-0.4, -0.2) is 24.5 Å². The van der Waals surface area contributed by atoms with Crippen molar-refractivity contribution in [3.63, 3.8) is 0 Å². The summed E-state index contributed by atoms with van der Waals surface area (Å²) in [6, 6.07) is 0. The Labute approximate surface area is 60.3 Å². The van der Waals surface area contributed by atoms with E-state index in [0.717, 1.165) is 26.1 Å². The van der Waals surface area contributed by atoms with Gasteiger partial charge in [0.05, 0.1) is 0 Å². The number of ether oxygens (including phenoxy) is 1. The monoisotopic (exact) mass is 146 g/mol. The van der Waals surface area contributed by atoms with Gasteiger partial charge in [0.1, 0.15) is 6.23 Å². The van der Waals surface area contributed by atoms with Crippen molar-refractivity contribution in [3.8, 4) is 0 Å². The smallest absolute Gasteiger partial charge is 0.119 e. The van der Waals surface area contributed by atoms with E-state index in [4.69, 9.17) is 10.6 Å². The lowest BCUT2D eigenvalue weighted by atomic mass is 9.99. The molecule has 60 valence electrons. The van der Waals surface area contributed by atoms with Crippen molar-refractivity contribution in [1.29, 1.82) is 0 Å². The molecular formula is C6H14N2O2. The van der Waals surface area contributed by atoms with Crippen LogP contribution in [0.2, 0.25) is 0 Å². The maximum atomic E-state index is 9.19. The van der Waals surface area contributed by atoms with Gasteiger partial charge in [-0.25, -0.2) is 5.43 Å². The fraction of sp³-hybridized carbons (Fsp3) is 1.00. The Morgan fingerprint density at radius 1 is 1.50 bits per heavy atom. The Hall–Kier alpha value is -0.160. The zero-order valence-corrected chi connectivity index (χ0v) is 5.92. The first-order valence-corrected chi connectivity index (χ1v) is 3.56. The van der Waals surface area contributed by atoms with Crippen molar-refractivity contribution in [3.05, 3.63) is 0 Å².